The molecular formula is C20H18BrClN5O4+. The molecule has 0 atom stereocenters. The fraction of sp³-hybridized carbons (Fsp3) is 0.100. The molecule has 0 aliphatic carbocycles. The molecule has 9 nitrogen and oxygen atoms in total. The van der Waals surface area contributed by atoms with Crippen LogP contribution in [0.25, 0.3) is 0 Å². The average Bonchev–Trinajstić information content (AvgIpc) is 2.73. The van der Waals surface area contributed by atoms with Crippen molar-refractivity contribution < 1.29 is 14.4 Å². The molecular weight excluding hydrogens is 490 g/mol. The minimum absolute atomic E-state index is 0. The normalized spacial score (nSPS) is 10.8. The molecule has 0 unspecified atom stereocenters. The van der Waals surface area contributed by atoms with E-state index >= 15 is 0 Å². The minimum atomic E-state index is -0.692. The van der Waals surface area contributed by atoms with Gasteiger partial charge in [-0.15, -0.1) is 17.0 Å². The molecule has 0 fully saturated rings. The average molecular weight is 508 g/mol. The molecule has 3 aromatic rings. The Morgan fingerprint density at radius 1 is 1.06 bits per heavy atom. The van der Waals surface area contributed by atoms with Crippen LogP contribution in [0.5, 0.6) is 0 Å². The van der Waals surface area contributed by atoms with Crippen LogP contribution in [0.15, 0.2) is 72.0 Å². The number of nitrogens with zero attached hydrogens (tertiary/aromatic N) is 4. The largest absolute Gasteiger partial charge is 0.301 e. The van der Waals surface area contributed by atoms with Crippen molar-refractivity contribution in [2.45, 2.75) is 13.5 Å². The van der Waals surface area contributed by atoms with E-state index in [0.717, 1.165) is 17.3 Å². The number of non-ortho nitro benzene ring substituents is 1. The van der Waals surface area contributed by atoms with Crippen LogP contribution >= 0.6 is 28.6 Å². The summed E-state index contributed by atoms with van der Waals surface area (Å²) < 4.78 is 1.97. The van der Waals surface area contributed by atoms with E-state index in [1.165, 1.54) is 12.1 Å². The summed E-state index contributed by atoms with van der Waals surface area (Å²) in [6.45, 7) is 2.34. The van der Waals surface area contributed by atoms with E-state index in [1.54, 1.807) is 24.3 Å². The van der Waals surface area contributed by atoms with Gasteiger partial charge in [0.1, 0.15) is 11.4 Å². The molecule has 3 rings (SSSR count). The summed E-state index contributed by atoms with van der Waals surface area (Å²) in [6, 6.07) is 16.2. The highest BCUT2D eigenvalue weighted by Gasteiger charge is 2.20. The Bertz CT molecular complexity index is 1140. The number of hydrogen-bond donors (Lipinski definition) is 1. The van der Waals surface area contributed by atoms with E-state index in [2.05, 4.69) is 10.5 Å². The molecule has 0 saturated carbocycles. The van der Waals surface area contributed by atoms with E-state index in [0.29, 0.717) is 17.3 Å². The van der Waals surface area contributed by atoms with Gasteiger partial charge < -0.3 is 0 Å². The molecule has 0 aliphatic rings. The van der Waals surface area contributed by atoms with Gasteiger partial charge in [-0.25, -0.2) is 0 Å². The van der Waals surface area contributed by atoms with Gasteiger partial charge in [0, 0.05) is 35.7 Å². The van der Waals surface area contributed by atoms with Gasteiger partial charge in [-0.05, 0) is 18.2 Å². The number of aromatic nitrogens is 1. The van der Waals surface area contributed by atoms with Crippen LogP contribution in [-0.4, -0.2) is 15.6 Å². The first-order chi connectivity index (χ1) is 14.3. The highest BCUT2D eigenvalue weighted by Crippen LogP contribution is 2.29. The van der Waals surface area contributed by atoms with Crippen molar-refractivity contribution in [1.82, 2.24) is 0 Å². The van der Waals surface area contributed by atoms with Crippen molar-refractivity contribution in [3.63, 3.8) is 0 Å². The number of hydrazone groups is 1. The molecule has 160 valence electrons. The fourth-order valence-corrected chi connectivity index (χ4v) is 2.87. The molecule has 1 N–H and O–H groups in total. The quantitative estimate of drug-likeness (QED) is 0.212. The molecule has 0 spiro atoms. The number of halogens is 2. The summed E-state index contributed by atoms with van der Waals surface area (Å²) in [7, 11) is 0. The fourth-order valence-electron chi connectivity index (χ4n) is 2.74. The van der Waals surface area contributed by atoms with E-state index in [1.807, 2.05) is 35.9 Å². The Labute approximate surface area is 193 Å². The van der Waals surface area contributed by atoms with Crippen molar-refractivity contribution in [2.24, 2.45) is 5.10 Å². The highest BCUT2D eigenvalue weighted by molar-refractivity contribution is 8.93. The van der Waals surface area contributed by atoms with Gasteiger partial charge in [0.15, 0.2) is 18.4 Å². The Morgan fingerprint density at radius 2 is 1.77 bits per heavy atom. The Hall–Kier alpha value is -3.37. The molecule has 2 aromatic carbocycles. The van der Waals surface area contributed by atoms with E-state index in [9.17, 15) is 20.2 Å². The smallest absolute Gasteiger partial charge is 0.271 e. The molecule has 0 radical (unpaired) electrons. The lowest BCUT2D eigenvalue weighted by molar-refractivity contribution is -0.687. The van der Waals surface area contributed by atoms with Gasteiger partial charge in [0.05, 0.1) is 15.9 Å². The van der Waals surface area contributed by atoms with Gasteiger partial charge in [-0.3, -0.25) is 25.7 Å². The number of pyridine rings is 1. The van der Waals surface area contributed by atoms with Gasteiger partial charge in [-0.2, -0.15) is 9.67 Å². The van der Waals surface area contributed by atoms with Crippen molar-refractivity contribution >= 4 is 51.4 Å². The number of benzene rings is 2. The van der Waals surface area contributed by atoms with Crippen LogP contribution < -0.4 is 9.99 Å². The number of nitro benzene ring substituents is 2. The number of aryl methyl sites for hydroxylation is 1. The van der Waals surface area contributed by atoms with Crippen LogP contribution in [-0.2, 0) is 6.54 Å². The number of nitro groups is 2. The third-order valence-corrected chi connectivity index (χ3v) is 4.62. The van der Waals surface area contributed by atoms with Gasteiger partial charge in [0.2, 0.25) is 0 Å². The Morgan fingerprint density at radius 3 is 2.39 bits per heavy atom. The lowest BCUT2D eigenvalue weighted by Gasteiger charge is -2.08. The summed E-state index contributed by atoms with van der Waals surface area (Å²) >= 11 is 5.98. The first kappa shape index (κ1) is 23.9. The predicted molar refractivity (Wildman–Crippen MR) is 123 cm³/mol. The van der Waals surface area contributed by atoms with Crippen molar-refractivity contribution in [3.8, 4) is 0 Å². The third kappa shape index (κ3) is 6.06. The standard InChI is InChI=1S/C20H17ClN5O4.BrH/c1-14-4-2-3-11-24(14)13-19(15-5-7-16(21)8-6-15)23-22-18-10-9-17(25(27)28)12-20(18)26(29)30;/h2-12,22H,13H2,1H3;1H/q+1;/b23-19-;. The van der Waals surface area contributed by atoms with Crippen LogP contribution in [0.4, 0.5) is 17.1 Å². The van der Waals surface area contributed by atoms with Crippen LogP contribution in [0, 0.1) is 27.2 Å². The lowest BCUT2D eigenvalue weighted by Crippen LogP contribution is -2.40. The Kier molecular flexibility index (Phi) is 8.17. The summed E-state index contributed by atoms with van der Waals surface area (Å²) in [5, 5.41) is 27.2. The summed E-state index contributed by atoms with van der Waals surface area (Å²) in [6.07, 6.45) is 1.90. The van der Waals surface area contributed by atoms with E-state index < -0.39 is 15.5 Å². The van der Waals surface area contributed by atoms with Crippen molar-refractivity contribution in [2.75, 3.05) is 5.43 Å². The third-order valence-electron chi connectivity index (χ3n) is 4.37. The SMILES string of the molecule is Br.Cc1cccc[n+]1C/C(=N/Nc1ccc([N+](=O)[O-])cc1[N+](=O)[O-])c1ccc(Cl)cc1. The maximum Gasteiger partial charge on any atom is 0.301 e. The maximum absolute atomic E-state index is 11.4. The molecule has 1 aromatic heterocycles. The zero-order valence-corrected chi connectivity index (χ0v) is 18.7. The molecule has 0 amide bonds. The summed E-state index contributed by atoms with van der Waals surface area (Å²) in [4.78, 5) is 20.9. The first-order valence-electron chi connectivity index (χ1n) is 8.81. The second-order valence-corrected chi connectivity index (χ2v) is 6.80. The highest BCUT2D eigenvalue weighted by atomic mass is 79.9. The molecule has 0 bridgehead atoms. The molecule has 31 heavy (non-hydrogen) atoms. The van der Waals surface area contributed by atoms with Crippen LogP contribution in [0.2, 0.25) is 5.02 Å². The van der Waals surface area contributed by atoms with Crippen molar-refractivity contribution in [3.05, 3.63) is 103 Å². The number of anilines is 1. The second kappa shape index (κ2) is 10.6. The zero-order valence-electron chi connectivity index (χ0n) is 16.3. The topological polar surface area (TPSA) is 115 Å². The number of rotatable bonds is 7. The van der Waals surface area contributed by atoms with Gasteiger partial charge >= 0.3 is 5.69 Å². The molecule has 11 heteroatoms. The zero-order chi connectivity index (χ0) is 21.7. The number of nitrogens with one attached hydrogen (secondary N) is 1. The predicted octanol–water partition coefficient (Wildman–Crippen LogP) is 4.85. The van der Waals surface area contributed by atoms with Crippen molar-refractivity contribution in [1.29, 1.82) is 0 Å². The van der Waals surface area contributed by atoms with Gasteiger partial charge in [0.25, 0.3) is 5.69 Å². The first-order valence-corrected chi connectivity index (χ1v) is 9.19. The lowest BCUT2D eigenvalue weighted by atomic mass is 10.1. The minimum Gasteiger partial charge on any atom is -0.271 e. The Balaban J connectivity index is 0.00000341. The summed E-state index contributed by atoms with van der Waals surface area (Å²) in [5.41, 5.74) is 4.30. The molecule has 0 aliphatic heterocycles. The monoisotopic (exact) mass is 506 g/mol. The van der Waals surface area contributed by atoms with Crippen LogP contribution in [0.3, 0.4) is 0 Å². The van der Waals surface area contributed by atoms with E-state index in [4.69, 9.17) is 11.6 Å². The second-order valence-electron chi connectivity index (χ2n) is 6.36. The van der Waals surface area contributed by atoms with Gasteiger partial charge in [-0.1, -0.05) is 29.8 Å². The summed E-state index contributed by atoms with van der Waals surface area (Å²) in [5.74, 6) is 0. The number of hydrogen-bond acceptors (Lipinski definition) is 6. The molecule has 1 heterocycles. The van der Waals surface area contributed by atoms with E-state index in [-0.39, 0.29) is 28.4 Å². The maximum atomic E-state index is 11.4. The van der Waals surface area contributed by atoms with Crippen LogP contribution in [0.1, 0.15) is 11.3 Å². The molecule has 0 saturated heterocycles.